The molecule has 0 spiro atoms. The first-order valence-electron chi connectivity index (χ1n) is 10.7. The molecule has 0 bridgehead atoms. The molecule has 32 heavy (non-hydrogen) atoms. The summed E-state index contributed by atoms with van der Waals surface area (Å²) in [6, 6.07) is 22.4. The molecule has 3 aromatic rings. The fourth-order valence-electron chi connectivity index (χ4n) is 3.67. The van der Waals surface area contributed by atoms with Crippen LogP contribution in [0.3, 0.4) is 0 Å². The Morgan fingerprint density at radius 2 is 1.69 bits per heavy atom. The molecule has 1 heterocycles. The van der Waals surface area contributed by atoms with Gasteiger partial charge in [-0.1, -0.05) is 18.2 Å². The average Bonchev–Trinajstić information content (AvgIpc) is 3.19. The van der Waals surface area contributed by atoms with E-state index in [0.717, 1.165) is 22.7 Å². The van der Waals surface area contributed by atoms with Gasteiger partial charge < -0.3 is 19.7 Å². The number of ether oxygens (including phenoxy) is 2. The molecule has 0 saturated carbocycles. The van der Waals surface area contributed by atoms with E-state index in [1.165, 1.54) is 0 Å². The molecular formula is C26H26N2O4. The van der Waals surface area contributed by atoms with E-state index in [1.54, 1.807) is 17.0 Å². The van der Waals surface area contributed by atoms with Gasteiger partial charge in [-0.05, 0) is 74.0 Å². The van der Waals surface area contributed by atoms with Crippen molar-refractivity contribution in [1.82, 2.24) is 0 Å². The highest BCUT2D eigenvalue weighted by Gasteiger charge is 2.35. The number of para-hydroxylation sites is 1. The SMILES string of the molecule is CCOc1ccc(N2C[C@@H](C(=O)Nc3ccc(Oc4ccccc4C)cc3)CC2=O)cc1. The lowest BCUT2D eigenvalue weighted by Gasteiger charge is -2.17. The van der Waals surface area contributed by atoms with Crippen molar-refractivity contribution in [3.63, 3.8) is 0 Å². The van der Waals surface area contributed by atoms with E-state index in [0.29, 0.717) is 24.6 Å². The minimum atomic E-state index is -0.406. The number of hydrogen-bond donors (Lipinski definition) is 1. The summed E-state index contributed by atoms with van der Waals surface area (Å²) in [5.41, 5.74) is 2.48. The lowest BCUT2D eigenvalue weighted by molar-refractivity contribution is -0.122. The van der Waals surface area contributed by atoms with E-state index in [-0.39, 0.29) is 18.2 Å². The standard InChI is InChI=1S/C26H26N2O4/c1-3-31-22-14-10-21(11-15-22)28-17-19(16-25(28)29)26(30)27-20-8-12-23(13-9-20)32-24-7-5-4-6-18(24)2/h4-15,19H,3,16-17H2,1-2H3,(H,27,30)/t19-/m0/s1. The zero-order valence-corrected chi connectivity index (χ0v) is 18.2. The van der Waals surface area contributed by atoms with Crippen molar-refractivity contribution in [3.8, 4) is 17.2 Å². The van der Waals surface area contributed by atoms with Gasteiger partial charge in [0, 0.05) is 24.3 Å². The van der Waals surface area contributed by atoms with Crippen LogP contribution in [0.5, 0.6) is 17.2 Å². The third-order valence-corrected chi connectivity index (χ3v) is 5.40. The van der Waals surface area contributed by atoms with E-state index >= 15 is 0 Å². The number of benzene rings is 3. The average molecular weight is 431 g/mol. The monoisotopic (exact) mass is 430 g/mol. The molecule has 6 nitrogen and oxygen atoms in total. The molecule has 1 atom stereocenters. The molecule has 6 heteroatoms. The molecule has 0 radical (unpaired) electrons. The summed E-state index contributed by atoms with van der Waals surface area (Å²) in [6.07, 6.45) is 0.188. The Hall–Kier alpha value is -3.80. The molecule has 0 aromatic heterocycles. The predicted octanol–water partition coefficient (Wildman–Crippen LogP) is 5.18. The molecule has 0 aliphatic carbocycles. The second kappa shape index (κ2) is 9.56. The fraction of sp³-hybridized carbons (Fsp3) is 0.231. The molecule has 2 amide bonds. The van der Waals surface area contributed by atoms with Gasteiger partial charge in [0.25, 0.3) is 0 Å². The van der Waals surface area contributed by atoms with Crippen LogP contribution in [0.25, 0.3) is 0 Å². The highest BCUT2D eigenvalue weighted by molar-refractivity contribution is 6.03. The minimum Gasteiger partial charge on any atom is -0.494 e. The molecule has 0 unspecified atom stereocenters. The Labute approximate surface area is 187 Å². The quantitative estimate of drug-likeness (QED) is 0.561. The summed E-state index contributed by atoms with van der Waals surface area (Å²) in [6.45, 7) is 4.85. The number of rotatable bonds is 7. The van der Waals surface area contributed by atoms with Crippen LogP contribution in [0.2, 0.25) is 0 Å². The van der Waals surface area contributed by atoms with Gasteiger partial charge in [-0.25, -0.2) is 0 Å². The number of aryl methyl sites for hydroxylation is 1. The molecule has 1 N–H and O–H groups in total. The summed E-state index contributed by atoms with van der Waals surface area (Å²) < 4.78 is 11.3. The third kappa shape index (κ3) is 4.91. The molecule has 3 aromatic carbocycles. The van der Waals surface area contributed by atoms with E-state index in [1.807, 2.05) is 74.5 Å². The smallest absolute Gasteiger partial charge is 0.229 e. The maximum absolute atomic E-state index is 12.8. The van der Waals surface area contributed by atoms with Crippen LogP contribution in [-0.4, -0.2) is 25.0 Å². The van der Waals surface area contributed by atoms with Crippen LogP contribution in [0, 0.1) is 12.8 Å². The van der Waals surface area contributed by atoms with Crippen LogP contribution in [0.1, 0.15) is 18.9 Å². The summed E-state index contributed by atoms with van der Waals surface area (Å²) >= 11 is 0. The van der Waals surface area contributed by atoms with Crippen molar-refractivity contribution in [1.29, 1.82) is 0 Å². The number of amides is 2. The number of nitrogens with one attached hydrogen (secondary N) is 1. The van der Waals surface area contributed by atoms with Gasteiger partial charge >= 0.3 is 0 Å². The Balaban J connectivity index is 1.35. The minimum absolute atomic E-state index is 0.0590. The topological polar surface area (TPSA) is 67.9 Å². The van der Waals surface area contributed by atoms with Crippen molar-refractivity contribution in [2.24, 2.45) is 5.92 Å². The van der Waals surface area contributed by atoms with Crippen LogP contribution in [0.4, 0.5) is 11.4 Å². The van der Waals surface area contributed by atoms with Gasteiger partial charge in [0.1, 0.15) is 17.2 Å². The van der Waals surface area contributed by atoms with E-state index in [4.69, 9.17) is 9.47 Å². The number of anilines is 2. The van der Waals surface area contributed by atoms with Crippen molar-refractivity contribution < 1.29 is 19.1 Å². The largest absolute Gasteiger partial charge is 0.494 e. The van der Waals surface area contributed by atoms with Crippen molar-refractivity contribution in [3.05, 3.63) is 78.4 Å². The van der Waals surface area contributed by atoms with Crippen molar-refractivity contribution >= 4 is 23.2 Å². The van der Waals surface area contributed by atoms with E-state index in [2.05, 4.69) is 5.32 Å². The van der Waals surface area contributed by atoms with Crippen LogP contribution in [0.15, 0.2) is 72.8 Å². The lowest BCUT2D eigenvalue weighted by atomic mass is 10.1. The van der Waals surface area contributed by atoms with Gasteiger partial charge in [0.2, 0.25) is 11.8 Å². The Bertz CT molecular complexity index is 1090. The second-order valence-electron chi connectivity index (χ2n) is 7.71. The maximum Gasteiger partial charge on any atom is 0.229 e. The zero-order chi connectivity index (χ0) is 22.5. The number of carbonyl (C=O) groups excluding carboxylic acids is 2. The molecule has 1 aliphatic rings. The first-order chi connectivity index (χ1) is 15.5. The normalized spacial score (nSPS) is 15.5. The maximum atomic E-state index is 12.8. The van der Waals surface area contributed by atoms with Crippen molar-refractivity contribution in [2.45, 2.75) is 20.3 Å². The number of nitrogens with zero attached hydrogens (tertiary/aromatic N) is 1. The molecule has 1 saturated heterocycles. The summed E-state index contributed by atoms with van der Waals surface area (Å²) in [4.78, 5) is 26.9. The van der Waals surface area contributed by atoms with Gasteiger partial charge in [-0.3, -0.25) is 9.59 Å². The highest BCUT2D eigenvalue weighted by atomic mass is 16.5. The van der Waals surface area contributed by atoms with E-state index < -0.39 is 5.92 Å². The molecule has 164 valence electrons. The van der Waals surface area contributed by atoms with Crippen LogP contribution in [-0.2, 0) is 9.59 Å². The number of carbonyl (C=O) groups is 2. The fourth-order valence-corrected chi connectivity index (χ4v) is 3.67. The Kier molecular flexibility index (Phi) is 6.40. The molecule has 1 fully saturated rings. The first-order valence-corrected chi connectivity index (χ1v) is 10.7. The summed E-state index contributed by atoms with van der Waals surface area (Å²) in [5, 5.41) is 2.91. The van der Waals surface area contributed by atoms with Crippen LogP contribution < -0.4 is 19.7 Å². The summed E-state index contributed by atoms with van der Waals surface area (Å²) in [7, 11) is 0. The van der Waals surface area contributed by atoms with Crippen molar-refractivity contribution in [2.75, 3.05) is 23.4 Å². The Morgan fingerprint density at radius 1 is 1.00 bits per heavy atom. The summed E-state index contributed by atoms with van der Waals surface area (Å²) in [5.74, 6) is 1.61. The predicted molar refractivity (Wildman–Crippen MR) is 124 cm³/mol. The highest BCUT2D eigenvalue weighted by Crippen LogP contribution is 2.29. The molecule has 4 rings (SSSR count). The van der Waals surface area contributed by atoms with E-state index in [9.17, 15) is 9.59 Å². The van der Waals surface area contributed by atoms with Crippen LogP contribution >= 0.6 is 0 Å². The number of hydrogen-bond acceptors (Lipinski definition) is 4. The van der Waals surface area contributed by atoms with Gasteiger partial charge in [0.15, 0.2) is 0 Å². The van der Waals surface area contributed by atoms with Gasteiger partial charge in [-0.15, -0.1) is 0 Å². The first kappa shape index (κ1) is 21.4. The molecule has 1 aliphatic heterocycles. The third-order valence-electron chi connectivity index (χ3n) is 5.40. The Morgan fingerprint density at radius 3 is 2.38 bits per heavy atom. The second-order valence-corrected chi connectivity index (χ2v) is 7.71. The zero-order valence-electron chi connectivity index (χ0n) is 18.2. The van der Waals surface area contributed by atoms with Gasteiger partial charge in [-0.2, -0.15) is 0 Å². The van der Waals surface area contributed by atoms with Gasteiger partial charge in [0.05, 0.1) is 12.5 Å². The lowest BCUT2D eigenvalue weighted by Crippen LogP contribution is -2.28. The molecular weight excluding hydrogens is 404 g/mol.